The molecule has 1 aromatic carbocycles. The van der Waals surface area contributed by atoms with Gasteiger partial charge in [-0.15, -0.1) is 18.3 Å². The van der Waals surface area contributed by atoms with Crippen molar-refractivity contribution in [3.05, 3.63) is 41.4 Å². The van der Waals surface area contributed by atoms with Gasteiger partial charge < -0.3 is 5.11 Å². The lowest BCUT2D eigenvalue weighted by molar-refractivity contribution is 0.190. The molecule has 0 spiro atoms. The van der Waals surface area contributed by atoms with Crippen molar-refractivity contribution in [1.82, 2.24) is 0 Å². The molecule has 0 radical (unpaired) electrons. The van der Waals surface area contributed by atoms with Crippen LogP contribution in [0.4, 0.5) is 0 Å². The second-order valence-corrected chi connectivity index (χ2v) is 5.18. The zero-order chi connectivity index (χ0) is 11.1. The molecule has 82 valence electrons. The van der Waals surface area contributed by atoms with Crippen LogP contribution in [0.25, 0.3) is 0 Å². The lowest BCUT2D eigenvalue weighted by Crippen LogP contribution is -2.08. The molecule has 1 rings (SSSR count). The second kappa shape index (κ2) is 7.09. The van der Waals surface area contributed by atoms with Gasteiger partial charge in [-0.2, -0.15) is 0 Å². The predicted molar refractivity (Wildman–Crippen MR) is 70.3 cm³/mol. The average molecular weight is 287 g/mol. The third kappa shape index (κ3) is 4.87. The van der Waals surface area contributed by atoms with E-state index in [4.69, 9.17) is 0 Å². The maximum Gasteiger partial charge on any atom is 0.0637 e. The molecule has 1 atom stereocenters. The van der Waals surface area contributed by atoms with E-state index in [2.05, 4.69) is 28.6 Å². The number of rotatable bonds is 6. The molecule has 0 aliphatic heterocycles. The molecule has 1 nitrogen and oxygen atoms in total. The van der Waals surface area contributed by atoms with Crippen molar-refractivity contribution >= 4 is 27.7 Å². The molecule has 0 amide bonds. The highest BCUT2D eigenvalue weighted by molar-refractivity contribution is 9.10. The number of aliphatic hydroxyl groups is 1. The van der Waals surface area contributed by atoms with Gasteiger partial charge in [0.1, 0.15) is 0 Å². The Bertz CT molecular complexity index is 314. The summed E-state index contributed by atoms with van der Waals surface area (Å²) in [6.45, 7) is 3.64. The van der Waals surface area contributed by atoms with E-state index >= 15 is 0 Å². The number of aliphatic hydroxyl groups excluding tert-OH is 1. The van der Waals surface area contributed by atoms with E-state index in [-0.39, 0.29) is 6.10 Å². The van der Waals surface area contributed by atoms with E-state index in [0.717, 1.165) is 23.1 Å². The Balaban J connectivity index is 2.36. The maximum atomic E-state index is 9.65. The van der Waals surface area contributed by atoms with Crippen LogP contribution in [0.3, 0.4) is 0 Å². The predicted octanol–water partition coefficient (Wildman–Crippen LogP) is 3.87. The van der Waals surface area contributed by atoms with Crippen LogP contribution < -0.4 is 0 Å². The first-order valence-electron chi connectivity index (χ1n) is 4.90. The van der Waals surface area contributed by atoms with E-state index in [1.807, 2.05) is 24.3 Å². The monoisotopic (exact) mass is 286 g/mol. The van der Waals surface area contributed by atoms with Crippen LogP contribution in [-0.4, -0.2) is 17.0 Å². The summed E-state index contributed by atoms with van der Waals surface area (Å²) in [7, 11) is 0. The molecule has 1 aromatic rings. The van der Waals surface area contributed by atoms with Crippen molar-refractivity contribution in [2.75, 3.05) is 5.75 Å². The molecular weight excluding hydrogens is 272 g/mol. The van der Waals surface area contributed by atoms with Crippen molar-refractivity contribution in [3.8, 4) is 0 Å². The zero-order valence-electron chi connectivity index (χ0n) is 8.53. The Kier molecular flexibility index (Phi) is 6.06. The first-order chi connectivity index (χ1) is 7.24. The van der Waals surface area contributed by atoms with Crippen molar-refractivity contribution in [1.29, 1.82) is 0 Å². The van der Waals surface area contributed by atoms with Crippen LogP contribution in [0, 0.1) is 0 Å². The van der Waals surface area contributed by atoms with Gasteiger partial charge >= 0.3 is 0 Å². The minimum Gasteiger partial charge on any atom is -0.392 e. The van der Waals surface area contributed by atoms with Crippen LogP contribution >= 0.6 is 27.7 Å². The number of halogens is 1. The van der Waals surface area contributed by atoms with Gasteiger partial charge in [0, 0.05) is 15.1 Å². The third-order valence-corrected chi connectivity index (χ3v) is 4.14. The van der Waals surface area contributed by atoms with E-state index in [1.54, 1.807) is 11.8 Å². The van der Waals surface area contributed by atoms with Crippen molar-refractivity contribution in [2.24, 2.45) is 0 Å². The number of hydrogen-bond donors (Lipinski definition) is 1. The molecule has 0 fully saturated rings. The highest BCUT2D eigenvalue weighted by atomic mass is 79.9. The lowest BCUT2D eigenvalue weighted by atomic mass is 10.2. The van der Waals surface area contributed by atoms with Crippen LogP contribution in [0.2, 0.25) is 0 Å². The quantitative estimate of drug-likeness (QED) is 0.633. The molecule has 0 aromatic heterocycles. The summed E-state index contributed by atoms with van der Waals surface area (Å²) in [5, 5.41) is 9.65. The van der Waals surface area contributed by atoms with Crippen LogP contribution in [0.15, 0.2) is 46.3 Å². The topological polar surface area (TPSA) is 20.2 Å². The highest BCUT2D eigenvalue weighted by Gasteiger charge is 2.05. The smallest absolute Gasteiger partial charge is 0.0637 e. The molecular formula is C12H15BrOS. The van der Waals surface area contributed by atoms with Gasteiger partial charge in [0.05, 0.1) is 6.10 Å². The van der Waals surface area contributed by atoms with Crippen LogP contribution in [0.5, 0.6) is 0 Å². The fourth-order valence-corrected chi connectivity index (χ4v) is 2.69. The summed E-state index contributed by atoms with van der Waals surface area (Å²) in [6.07, 6.45) is 3.26. The number of thioether (sulfide) groups is 1. The average Bonchev–Trinajstić information content (AvgIpc) is 2.25. The van der Waals surface area contributed by atoms with Crippen molar-refractivity contribution in [3.63, 3.8) is 0 Å². The minimum atomic E-state index is -0.250. The first-order valence-corrected chi connectivity index (χ1v) is 6.68. The van der Waals surface area contributed by atoms with E-state index in [9.17, 15) is 5.11 Å². The SMILES string of the molecule is C=CCCC(O)CSc1ccccc1Br. The molecule has 0 bridgehead atoms. The van der Waals surface area contributed by atoms with Crippen LogP contribution in [-0.2, 0) is 0 Å². The van der Waals surface area contributed by atoms with E-state index < -0.39 is 0 Å². The first kappa shape index (κ1) is 12.8. The van der Waals surface area contributed by atoms with Gasteiger partial charge in [-0.25, -0.2) is 0 Å². The summed E-state index contributed by atoms with van der Waals surface area (Å²) >= 11 is 5.15. The molecule has 3 heteroatoms. The van der Waals surface area contributed by atoms with E-state index in [0.29, 0.717) is 0 Å². The van der Waals surface area contributed by atoms with Gasteiger partial charge in [0.25, 0.3) is 0 Å². The summed E-state index contributed by atoms with van der Waals surface area (Å²) in [5.74, 6) is 0.733. The number of allylic oxidation sites excluding steroid dienone is 1. The molecule has 1 unspecified atom stereocenters. The van der Waals surface area contributed by atoms with Crippen LogP contribution in [0.1, 0.15) is 12.8 Å². The summed E-state index contributed by atoms with van der Waals surface area (Å²) < 4.78 is 1.09. The van der Waals surface area contributed by atoms with Gasteiger partial charge in [-0.1, -0.05) is 18.2 Å². The molecule has 0 aliphatic rings. The molecule has 1 N–H and O–H groups in total. The van der Waals surface area contributed by atoms with Gasteiger partial charge in [-0.05, 0) is 40.9 Å². The summed E-state index contributed by atoms with van der Waals surface area (Å²) in [5.41, 5.74) is 0. The number of hydrogen-bond acceptors (Lipinski definition) is 2. The summed E-state index contributed by atoms with van der Waals surface area (Å²) in [4.78, 5) is 1.18. The van der Waals surface area contributed by atoms with Gasteiger partial charge in [0.2, 0.25) is 0 Å². The molecule has 15 heavy (non-hydrogen) atoms. The Hall–Kier alpha value is -0.250. The lowest BCUT2D eigenvalue weighted by Gasteiger charge is -2.09. The van der Waals surface area contributed by atoms with Crippen molar-refractivity contribution < 1.29 is 5.11 Å². The minimum absolute atomic E-state index is 0.250. The summed E-state index contributed by atoms with van der Waals surface area (Å²) in [6, 6.07) is 8.05. The van der Waals surface area contributed by atoms with Crippen molar-refractivity contribution in [2.45, 2.75) is 23.8 Å². The highest BCUT2D eigenvalue weighted by Crippen LogP contribution is 2.27. The third-order valence-electron chi connectivity index (χ3n) is 1.97. The number of benzene rings is 1. The molecule has 0 saturated heterocycles. The Morgan fingerprint density at radius 3 is 2.87 bits per heavy atom. The second-order valence-electron chi connectivity index (χ2n) is 3.26. The van der Waals surface area contributed by atoms with Gasteiger partial charge in [0.15, 0.2) is 0 Å². The molecule has 0 heterocycles. The molecule has 0 aliphatic carbocycles. The Morgan fingerprint density at radius 2 is 2.20 bits per heavy atom. The standard InChI is InChI=1S/C12H15BrOS/c1-2-3-6-10(14)9-15-12-8-5-4-7-11(12)13/h2,4-5,7-8,10,14H,1,3,6,9H2. The van der Waals surface area contributed by atoms with E-state index in [1.165, 1.54) is 4.90 Å². The largest absolute Gasteiger partial charge is 0.392 e. The van der Waals surface area contributed by atoms with Gasteiger partial charge in [-0.3, -0.25) is 0 Å². The Labute approximate surface area is 104 Å². The maximum absolute atomic E-state index is 9.65. The molecule has 0 saturated carbocycles. The normalized spacial score (nSPS) is 12.4. The zero-order valence-corrected chi connectivity index (χ0v) is 10.9. The fraction of sp³-hybridized carbons (Fsp3) is 0.333. The Morgan fingerprint density at radius 1 is 1.47 bits per heavy atom. The fourth-order valence-electron chi connectivity index (χ4n) is 1.14.